The molecule has 1 aromatic rings. The van der Waals surface area contributed by atoms with Gasteiger partial charge in [0.15, 0.2) is 0 Å². The summed E-state index contributed by atoms with van der Waals surface area (Å²) in [4.78, 5) is 12.3. The van der Waals surface area contributed by atoms with Crippen LogP contribution in [-0.2, 0) is 11.2 Å². The first-order valence-electron chi connectivity index (χ1n) is 9.64. The summed E-state index contributed by atoms with van der Waals surface area (Å²) in [6.07, 6.45) is 5.29. The number of benzene rings is 1. The minimum Gasteiger partial charge on any atom is -0.497 e. The van der Waals surface area contributed by atoms with Gasteiger partial charge < -0.3 is 15.2 Å². The molecule has 1 spiro atoms. The fourth-order valence-electron chi connectivity index (χ4n) is 7.08. The number of nitrogens with one attached hydrogen (secondary N) is 1. The molecule has 2 N–H and O–H groups in total. The Hall–Kier alpha value is -1.55. The van der Waals surface area contributed by atoms with Crippen molar-refractivity contribution in [1.82, 2.24) is 5.32 Å². The zero-order chi connectivity index (χ0) is 17.4. The van der Waals surface area contributed by atoms with Crippen molar-refractivity contribution in [2.75, 3.05) is 7.11 Å². The Bertz CT molecular complexity index is 747. The Labute approximate surface area is 149 Å². The second kappa shape index (κ2) is 5.00. The first-order valence-corrected chi connectivity index (χ1v) is 9.64. The van der Waals surface area contributed by atoms with E-state index >= 15 is 0 Å². The van der Waals surface area contributed by atoms with Crippen LogP contribution in [0, 0.1) is 16.7 Å². The number of methoxy groups -OCH3 is 1. The summed E-state index contributed by atoms with van der Waals surface area (Å²) in [6.45, 7) is 2.25. The molecule has 3 aliphatic carbocycles. The normalized spacial score (nSPS) is 44.4. The Morgan fingerprint density at radius 1 is 1.32 bits per heavy atom. The van der Waals surface area contributed by atoms with Gasteiger partial charge >= 0.3 is 0 Å². The smallest absolute Gasteiger partial charge is 0.220 e. The number of carbonyl (C=O) groups is 1. The molecule has 3 fully saturated rings. The zero-order valence-electron chi connectivity index (χ0n) is 15.0. The maximum absolute atomic E-state index is 12.3. The lowest BCUT2D eigenvalue weighted by Crippen LogP contribution is -2.55. The number of aryl methyl sites for hydroxylation is 1. The molecule has 4 nitrogen and oxygen atoms in total. The van der Waals surface area contributed by atoms with E-state index in [1.807, 2.05) is 0 Å². The van der Waals surface area contributed by atoms with Crippen LogP contribution in [0.5, 0.6) is 5.75 Å². The van der Waals surface area contributed by atoms with Crippen LogP contribution in [0.2, 0.25) is 0 Å². The van der Waals surface area contributed by atoms with Gasteiger partial charge in [-0.2, -0.15) is 0 Å². The van der Waals surface area contributed by atoms with E-state index in [4.69, 9.17) is 4.74 Å². The van der Waals surface area contributed by atoms with E-state index in [1.54, 1.807) is 7.11 Å². The molecule has 2 saturated carbocycles. The van der Waals surface area contributed by atoms with Crippen LogP contribution in [0.15, 0.2) is 18.2 Å². The van der Waals surface area contributed by atoms with Crippen molar-refractivity contribution in [1.29, 1.82) is 0 Å². The van der Waals surface area contributed by atoms with Crippen molar-refractivity contribution >= 4 is 5.91 Å². The van der Waals surface area contributed by atoms with E-state index in [1.165, 1.54) is 11.1 Å². The van der Waals surface area contributed by atoms with Gasteiger partial charge in [0, 0.05) is 23.3 Å². The van der Waals surface area contributed by atoms with Crippen molar-refractivity contribution in [3.63, 3.8) is 0 Å². The predicted molar refractivity (Wildman–Crippen MR) is 94.5 cm³/mol. The number of amides is 1. The number of hydrogen-bond acceptors (Lipinski definition) is 3. The van der Waals surface area contributed by atoms with Crippen molar-refractivity contribution in [3.05, 3.63) is 29.3 Å². The molecular formula is C21H27NO3. The molecule has 4 aliphatic rings. The Morgan fingerprint density at radius 2 is 2.16 bits per heavy atom. The van der Waals surface area contributed by atoms with E-state index < -0.39 is 0 Å². The number of aliphatic hydroxyl groups excluding tert-OH is 1. The van der Waals surface area contributed by atoms with Crippen LogP contribution in [-0.4, -0.2) is 30.3 Å². The lowest BCUT2D eigenvalue weighted by atomic mass is 9.46. The molecule has 1 aliphatic heterocycles. The summed E-state index contributed by atoms with van der Waals surface area (Å²) in [7, 11) is 1.72. The van der Waals surface area contributed by atoms with Gasteiger partial charge in [-0.25, -0.2) is 0 Å². The van der Waals surface area contributed by atoms with E-state index in [2.05, 4.69) is 30.4 Å². The summed E-state index contributed by atoms with van der Waals surface area (Å²) >= 11 is 0. The van der Waals surface area contributed by atoms with Gasteiger partial charge in [-0.05, 0) is 67.2 Å². The predicted octanol–water partition coefficient (Wildman–Crippen LogP) is 2.78. The Morgan fingerprint density at radius 3 is 2.96 bits per heavy atom. The Balaban J connectivity index is 1.61. The Kier molecular flexibility index (Phi) is 3.14. The number of aliphatic hydroxyl groups is 1. The lowest BCUT2D eigenvalue weighted by molar-refractivity contribution is -0.126. The van der Waals surface area contributed by atoms with Crippen molar-refractivity contribution in [2.24, 2.45) is 16.7 Å². The monoisotopic (exact) mass is 341 g/mol. The second-order valence-corrected chi connectivity index (χ2v) is 8.86. The minimum absolute atomic E-state index is 0.0793. The first kappa shape index (κ1) is 15.7. The molecule has 0 unspecified atom stereocenters. The summed E-state index contributed by atoms with van der Waals surface area (Å²) in [5, 5.41) is 14.1. The van der Waals surface area contributed by atoms with Crippen LogP contribution in [0.1, 0.15) is 56.1 Å². The van der Waals surface area contributed by atoms with Crippen molar-refractivity contribution in [3.8, 4) is 5.75 Å². The van der Waals surface area contributed by atoms with E-state index in [9.17, 15) is 9.90 Å². The van der Waals surface area contributed by atoms with Crippen LogP contribution in [0.4, 0.5) is 0 Å². The van der Waals surface area contributed by atoms with Crippen LogP contribution >= 0.6 is 0 Å². The quantitative estimate of drug-likeness (QED) is 0.826. The molecule has 1 aromatic carbocycles. The van der Waals surface area contributed by atoms with Gasteiger partial charge in [0.2, 0.25) is 5.91 Å². The van der Waals surface area contributed by atoms with Crippen molar-refractivity contribution in [2.45, 2.75) is 63.5 Å². The number of hydrogen-bond donors (Lipinski definition) is 2. The number of carbonyl (C=O) groups excluding carboxylic acids is 1. The molecule has 1 saturated heterocycles. The van der Waals surface area contributed by atoms with E-state index in [0.717, 1.165) is 37.9 Å². The summed E-state index contributed by atoms with van der Waals surface area (Å²) in [6, 6.07) is 6.66. The second-order valence-electron chi connectivity index (χ2n) is 8.86. The maximum Gasteiger partial charge on any atom is 0.220 e. The summed E-state index contributed by atoms with van der Waals surface area (Å²) < 4.78 is 5.41. The van der Waals surface area contributed by atoms with Crippen molar-refractivity contribution < 1.29 is 14.6 Å². The third-order valence-corrected chi connectivity index (χ3v) is 8.26. The maximum atomic E-state index is 12.3. The zero-order valence-corrected chi connectivity index (χ0v) is 15.0. The topological polar surface area (TPSA) is 58.6 Å². The molecule has 0 bridgehead atoms. The van der Waals surface area contributed by atoms with Gasteiger partial charge in [0.05, 0.1) is 13.2 Å². The minimum atomic E-state index is -0.295. The molecule has 4 heteroatoms. The molecule has 1 heterocycles. The lowest BCUT2D eigenvalue weighted by Gasteiger charge is -2.57. The highest BCUT2D eigenvalue weighted by atomic mass is 16.5. The molecule has 5 rings (SSSR count). The molecule has 0 radical (unpaired) electrons. The fraction of sp³-hybridized carbons (Fsp3) is 0.667. The molecule has 25 heavy (non-hydrogen) atoms. The third kappa shape index (κ3) is 1.79. The summed E-state index contributed by atoms with van der Waals surface area (Å²) in [5.74, 6) is 2.10. The van der Waals surface area contributed by atoms with Gasteiger partial charge in [-0.15, -0.1) is 0 Å². The first-order chi connectivity index (χ1) is 12.0. The van der Waals surface area contributed by atoms with Gasteiger partial charge in [-0.1, -0.05) is 13.0 Å². The van der Waals surface area contributed by atoms with E-state index in [0.29, 0.717) is 18.3 Å². The standard InChI is InChI=1S/C21H27NO3/c1-20-8-7-15-14-5-4-13(25-2)9-12(14)3-6-16(15)21(20)11-19(24)22-17(21)10-18(20)23/h4-5,9,15-18,23H,3,6-8,10-11H2,1-2H3,(H,22,24)/t15-,16-,17-,18+,20-,21+/m1/s1. The van der Waals surface area contributed by atoms with Crippen LogP contribution < -0.4 is 10.1 Å². The molecule has 134 valence electrons. The average molecular weight is 341 g/mol. The molecule has 1 amide bonds. The average Bonchev–Trinajstić information content (AvgIpc) is 3.03. The molecule has 6 atom stereocenters. The SMILES string of the molecule is COc1ccc2c(c1)CC[C@@H]1[C@@H]2CC[C@]2(C)[C@@H](O)C[C@H]3NC(=O)C[C@]132. The highest BCUT2D eigenvalue weighted by molar-refractivity contribution is 5.81. The number of fused-ring (bicyclic) bond motifs is 3. The largest absolute Gasteiger partial charge is 0.497 e. The van der Waals surface area contributed by atoms with Gasteiger partial charge in [0.1, 0.15) is 5.75 Å². The molecular weight excluding hydrogens is 314 g/mol. The highest BCUT2D eigenvalue weighted by Crippen LogP contribution is 2.70. The summed E-state index contributed by atoms with van der Waals surface area (Å²) in [5.41, 5.74) is 2.65. The highest BCUT2D eigenvalue weighted by Gasteiger charge is 2.71. The third-order valence-electron chi connectivity index (χ3n) is 8.26. The fourth-order valence-corrected chi connectivity index (χ4v) is 7.08. The molecule has 0 aromatic heterocycles. The van der Waals surface area contributed by atoms with E-state index in [-0.39, 0.29) is 28.9 Å². The van der Waals surface area contributed by atoms with Crippen LogP contribution in [0.3, 0.4) is 0 Å². The van der Waals surface area contributed by atoms with Gasteiger partial charge in [-0.3, -0.25) is 4.79 Å². The van der Waals surface area contributed by atoms with Gasteiger partial charge in [0.25, 0.3) is 0 Å². The van der Waals surface area contributed by atoms with Crippen LogP contribution in [0.25, 0.3) is 0 Å². The number of ether oxygens (including phenoxy) is 1. The number of rotatable bonds is 1.